The summed E-state index contributed by atoms with van der Waals surface area (Å²) >= 11 is 3.55. The first-order chi connectivity index (χ1) is 18.8. The standard InChI is InChI=1S/C32H32BrN3O3/c1-36(2)18-17-32(37,23-13-15-24(33)16-14-23)29(25-19-21-9-5-7-11-27(21)34-30(25)38-3)26-20-22-10-6-8-12-28(22)35-31(26)39-4/h5-16,19-20,29,37H,17-18H2,1-4H3. The molecule has 3 aromatic carbocycles. The van der Waals surface area contributed by atoms with E-state index in [1.807, 2.05) is 86.9 Å². The van der Waals surface area contributed by atoms with Gasteiger partial charge in [-0.25, -0.2) is 9.97 Å². The number of aromatic nitrogens is 2. The predicted molar refractivity (Wildman–Crippen MR) is 160 cm³/mol. The van der Waals surface area contributed by atoms with E-state index in [0.717, 1.165) is 43.0 Å². The molecule has 5 rings (SSSR count). The fourth-order valence-corrected chi connectivity index (χ4v) is 5.50. The second-order valence-electron chi connectivity index (χ2n) is 9.98. The molecule has 1 N–H and O–H groups in total. The summed E-state index contributed by atoms with van der Waals surface area (Å²) in [5.74, 6) is 0.293. The topological polar surface area (TPSA) is 67.7 Å². The molecule has 2 aromatic heterocycles. The van der Waals surface area contributed by atoms with Crippen LogP contribution in [0.1, 0.15) is 29.0 Å². The van der Waals surface area contributed by atoms with Gasteiger partial charge in [-0.15, -0.1) is 0 Å². The molecule has 0 bridgehead atoms. The van der Waals surface area contributed by atoms with Gasteiger partial charge in [0.15, 0.2) is 0 Å². The van der Waals surface area contributed by atoms with Crippen molar-refractivity contribution >= 4 is 37.7 Å². The van der Waals surface area contributed by atoms with Crippen LogP contribution in [0.3, 0.4) is 0 Å². The van der Waals surface area contributed by atoms with Gasteiger partial charge in [0.05, 0.1) is 31.2 Å². The Balaban J connectivity index is 1.87. The van der Waals surface area contributed by atoms with Crippen molar-refractivity contribution in [2.45, 2.75) is 17.9 Å². The summed E-state index contributed by atoms with van der Waals surface area (Å²) < 4.78 is 12.7. The number of nitrogens with zero attached hydrogens (tertiary/aromatic N) is 3. The molecule has 0 spiro atoms. The molecule has 0 radical (unpaired) electrons. The fourth-order valence-electron chi connectivity index (χ4n) is 5.24. The Kier molecular flexibility index (Phi) is 7.84. The zero-order valence-corrected chi connectivity index (χ0v) is 24.1. The number of pyridine rings is 2. The third-order valence-electron chi connectivity index (χ3n) is 7.20. The first-order valence-electron chi connectivity index (χ1n) is 12.8. The van der Waals surface area contributed by atoms with Crippen molar-refractivity contribution in [1.29, 1.82) is 0 Å². The molecule has 39 heavy (non-hydrogen) atoms. The van der Waals surface area contributed by atoms with E-state index in [9.17, 15) is 5.11 Å². The number of para-hydroxylation sites is 2. The molecule has 0 saturated heterocycles. The lowest BCUT2D eigenvalue weighted by Crippen LogP contribution is -2.38. The average molecular weight is 587 g/mol. The van der Waals surface area contributed by atoms with Crippen LogP contribution >= 0.6 is 15.9 Å². The Bertz CT molecular complexity index is 1520. The summed E-state index contributed by atoms with van der Waals surface area (Å²) in [4.78, 5) is 11.8. The van der Waals surface area contributed by atoms with E-state index in [0.29, 0.717) is 24.7 Å². The average Bonchev–Trinajstić information content (AvgIpc) is 2.95. The number of hydrogen-bond donors (Lipinski definition) is 1. The lowest BCUT2D eigenvalue weighted by molar-refractivity contribution is 0.00311. The number of rotatable bonds is 9. The van der Waals surface area contributed by atoms with Crippen LogP contribution < -0.4 is 9.47 Å². The largest absolute Gasteiger partial charge is 0.481 e. The second-order valence-corrected chi connectivity index (χ2v) is 10.9. The molecule has 7 heteroatoms. The van der Waals surface area contributed by atoms with Gasteiger partial charge in [-0.05, 0) is 62.5 Å². The van der Waals surface area contributed by atoms with Crippen LogP contribution in [0.5, 0.6) is 11.8 Å². The minimum Gasteiger partial charge on any atom is -0.481 e. The van der Waals surface area contributed by atoms with Crippen LogP contribution in [0.2, 0.25) is 0 Å². The third-order valence-corrected chi connectivity index (χ3v) is 7.73. The Labute approximate surface area is 237 Å². The Morgan fingerprint density at radius 1 is 0.795 bits per heavy atom. The van der Waals surface area contributed by atoms with Crippen LogP contribution in [0, 0.1) is 0 Å². The maximum Gasteiger partial charge on any atom is 0.217 e. The van der Waals surface area contributed by atoms with Crippen molar-refractivity contribution in [2.24, 2.45) is 0 Å². The normalized spacial score (nSPS) is 13.2. The van der Waals surface area contributed by atoms with E-state index in [4.69, 9.17) is 19.4 Å². The molecule has 2 heterocycles. The molecule has 0 aliphatic rings. The van der Waals surface area contributed by atoms with E-state index in [2.05, 4.69) is 33.0 Å². The monoisotopic (exact) mass is 585 g/mol. The highest BCUT2D eigenvalue weighted by Crippen LogP contribution is 2.50. The minimum absolute atomic E-state index is 0.443. The van der Waals surface area contributed by atoms with Gasteiger partial charge in [0, 0.05) is 32.9 Å². The zero-order chi connectivity index (χ0) is 27.6. The first kappa shape index (κ1) is 27.1. The van der Waals surface area contributed by atoms with Gasteiger partial charge in [0.1, 0.15) is 5.60 Å². The Hall–Kier alpha value is -3.52. The molecule has 0 aliphatic heterocycles. The zero-order valence-electron chi connectivity index (χ0n) is 22.6. The predicted octanol–water partition coefficient (Wildman–Crippen LogP) is 6.53. The van der Waals surface area contributed by atoms with Crippen LogP contribution in [-0.2, 0) is 5.60 Å². The molecule has 0 aliphatic carbocycles. The molecule has 1 unspecified atom stereocenters. The Morgan fingerprint density at radius 2 is 1.28 bits per heavy atom. The van der Waals surface area contributed by atoms with Gasteiger partial charge < -0.3 is 19.5 Å². The highest BCUT2D eigenvalue weighted by Gasteiger charge is 2.44. The van der Waals surface area contributed by atoms with E-state index < -0.39 is 11.5 Å². The summed E-state index contributed by atoms with van der Waals surface area (Å²) in [5.41, 5.74) is 2.58. The highest BCUT2D eigenvalue weighted by atomic mass is 79.9. The fraction of sp³-hybridized carbons (Fsp3) is 0.250. The maximum absolute atomic E-state index is 13.0. The number of aliphatic hydroxyl groups is 1. The van der Waals surface area contributed by atoms with Crippen LogP contribution in [0.25, 0.3) is 21.8 Å². The number of fused-ring (bicyclic) bond motifs is 2. The van der Waals surface area contributed by atoms with Crippen molar-refractivity contribution in [3.63, 3.8) is 0 Å². The summed E-state index contributed by atoms with van der Waals surface area (Å²) in [6, 6.07) is 27.8. The maximum atomic E-state index is 13.0. The summed E-state index contributed by atoms with van der Waals surface area (Å²) in [5, 5.41) is 14.9. The summed E-state index contributed by atoms with van der Waals surface area (Å²) in [6.07, 6.45) is 0.443. The van der Waals surface area contributed by atoms with E-state index in [-0.39, 0.29) is 0 Å². The van der Waals surface area contributed by atoms with Gasteiger partial charge in [-0.2, -0.15) is 0 Å². The quantitative estimate of drug-likeness (QED) is 0.212. The minimum atomic E-state index is -1.36. The lowest BCUT2D eigenvalue weighted by atomic mass is 9.71. The van der Waals surface area contributed by atoms with Gasteiger partial charge in [-0.3, -0.25) is 0 Å². The molecule has 1 atom stereocenters. The van der Waals surface area contributed by atoms with Crippen molar-refractivity contribution < 1.29 is 14.6 Å². The van der Waals surface area contributed by atoms with E-state index in [1.165, 1.54) is 0 Å². The van der Waals surface area contributed by atoms with Crippen molar-refractivity contribution in [1.82, 2.24) is 14.9 Å². The molecule has 5 aromatic rings. The number of benzene rings is 3. The molecule has 0 saturated carbocycles. The first-order valence-corrected chi connectivity index (χ1v) is 13.6. The number of methoxy groups -OCH3 is 2. The number of ether oxygens (including phenoxy) is 2. The SMILES string of the molecule is COc1nc2ccccc2cc1C(c1cc2ccccc2nc1OC)C(O)(CCN(C)C)c1ccc(Br)cc1. The van der Waals surface area contributed by atoms with Crippen LogP contribution in [0.4, 0.5) is 0 Å². The lowest BCUT2D eigenvalue weighted by Gasteiger charge is -2.39. The second kappa shape index (κ2) is 11.3. The molecular formula is C32H32BrN3O3. The van der Waals surface area contributed by atoms with Gasteiger partial charge >= 0.3 is 0 Å². The number of halogens is 1. The highest BCUT2D eigenvalue weighted by molar-refractivity contribution is 9.10. The number of hydrogen-bond acceptors (Lipinski definition) is 6. The van der Waals surface area contributed by atoms with Gasteiger partial charge in [-0.1, -0.05) is 64.5 Å². The Morgan fingerprint density at radius 3 is 1.74 bits per heavy atom. The summed E-state index contributed by atoms with van der Waals surface area (Å²) in [6.45, 7) is 0.649. The van der Waals surface area contributed by atoms with E-state index in [1.54, 1.807) is 14.2 Å². The van der Waals surface area contributed by atoms with Gasteiger partial charge in [0.25, 0.3) is 0 Å². The molecule has 0 amide bonds. The molecular weight excluding hydrogens is 554 g/mol. The van der Waals surface area contributed by atoms with Crippen LogP contribution in [-0.4, -0.2) is 54.8 Å². The van der Waals surface area contributed by atoms with Crippen LogP contribution in [0.15, 0.2) is 89.4 Å². The van der Waals surface area contributed by atoms with Gasteiger partial charge in [0.2, 0.25) is 11.8 Å². The molecule has 0 fully saturated rings. The third kappa shape index (κ3) is 5.35. The van der Waals surface area contributed by atoms with Crippen molar-refractivity contribution in [3.8, 4) is 11.8 Å². The van der Waals surface area contributed by atoms with Crippen molar-refractivity contribution in [2.75, 3.05) is 34.9 Å². The summed E-state index contributed by atoms with van der Waals surface area (Å²) in [7, 11) is 7.25. The van der Waals surface area contributed by atoms with E-state index >= 15 is 0 Å². The van der Waals surface area contributed by atoms with Crippen molar-refractivity contribution in [3.05, 3.63) is 106 Å². The molecule has 6 nitrogen and oxygen atoms in total. The molecule has 200 valence electrons. The smallest absolute Gasteiger partial charge is 0.217 e.